The SMILES string of the molecule is Cc1nc(N)nc(-c2ccc3c(c2)NC(=O)C(C)O3)n1. The number of nitrogens with one attached hydrogen (secondary N) is 1. The Kier molecular flexibility index (Phi) is 2.74. The van der Waals surface area contributed by atoms with Crippen LogP contribution in [-0.4, -0.2) is 27.0 Å². The molecule has 1 aliphatic heterocycles. The van der Waals surface area contributed by atoms with E-state index in [-0.39, 0.29) is 11.9 Å². The van der Waals surface area contributed by atoms with E-state index in [0.29, 0.717) is 23.1 Å². The van der Waals surface area contributed by atoms with Gasteiger partial charge < -0.3 is 15.8 Å². The van der Waals surface area contributed by atoms with E-state index in [4.69, 9.17) is 10.5 Å². The summed E-state index contributed by atoms with van der Waals surface area (Å²) in [5.41, 5.74) is 6.95. The van der Waals surface area contributed by atoms with Crippen molar-refractivity contribution in [3.05, 3.63) is 24.0 Å². The van der Waals surface area contributed by atoms with Gasteiger partial charge in [0.15, 0.2) is 11.9 Å². The minimum atomic E-state index is -0.497. The molecule has 0 saturated carbocycles. The number of carbonyl (C=O) groups is 1. The highest BCUT2D eigenvalue weighted by atomic mass is 16.5. The van der Waals surface area contributed by atoms with Crippen LogP contribution >= 0.6 is 0 Å². The average Bonchev–Trinajstić information content (AvgIpc) is 2.38. The highest BCUT2D eigenvalue weighted by Crippen LogP contribution is 2.33. The number of rotatable bonds is 1. The van der Waals surface area contributed by atoms with Crippen molar-refractivity contribution in [3.8, 4) is 17.1 Å². The molecule has 0 spiro atoms. The molecular weight excluding hydrogens is 258 g/mol. The van der Waals surface area contributed by atoms with Gasteiger partial charge in [-0.15, -0.1) is 0 Å². The number of aromatic nitrogens is 3. The van der Waals surface area contributed by atoms with Crippen LogP contribution < -0.4 is 15.8 Å². The summed E-state index contributed by atoms with van der Waals surface area (Å²) in [7, 11) is 0. The van der Waals surface area contributed by atoms with Crippen molar-refractivity contribution < 1.29 is 9.53 Å². The Bertz CT molecular complexity index is 681. The number of nitrogen functional groups attached to an aromatic ring is 1. The highest BCUT2D eigenvalue weighted by molar-refractivity contribution is 5.98. The summed E-state index contributed by atoms with van der Waals surface area (Å²) < 4.78 is 5.49. The third kappa shape index (κ3) is 2.13. The van der Waals surface area contributed by atoms with Crippen molar-refractivity contribution in [2.45, 2.75) is 20.0 Å². The summed E-state index contributed by atoms with van der Waals surface area (Å²) >= 11 is 0. The van der Waals surface area contributed by atoms with Crippen LogP contribution in [0.25, 0.3) is 11.4 Å². The second-order valence-corrected chi connectivity index (χ2v) is 4.52. The normalized spacial score (nSPS) is 17.1. The van der Waals surface area contributed by atoms with E-state index < -0.39 is 6.10 Å². The number of hydrogen-bond donors (Lipinski definition) is 2. The highest BCUT2D eigenvalue weighted by Gasteiger charge is 2.23. The van der Waals surface area contributed by atoms with Crippen LogP contribution in [0, 0.1) is 6.92 Å². The molecule has 0 fully saturated rings. The van der Waals surface area contributed by atoms with Crippen molar-refractivity contribution in [3.63, 3.8) is 0 Å². The van der Waals surface area contributed by atoms with E-state index in [9.17, 15) is 4.79 Å². The Morgan fingerprint density at radius 1 is 1.30 bits per heavy atom. The van der Waals surface area contributed by atoms with Crippen molar-refractivity contribution >= 4 is 17.5 Å². The molecule has 0 saturated heterocycles. The van der Waals surface area contributed by atoms with Gasteiger partial charge in [0.05, 0.1) is 5.69 Å². The van der Waals surface area contributed by atoms with Gasteiger partial charge in [0.2, 0.25) is 5.95 Å². The van der Waals surface area contributed by atoms with Gasteiger partial charge >= 0.3 is 0 Å². The lowest BCUT2D eigenvalue weighted by Gasteiger charge is -2.23. The number of anilines is 2. The number of benzene rings is 1. The minimum absolute atomic E-state index is 0.166. The van der Waals surface area contributed by atoms with Crippen molar-refractivity contribution in [2.75, 3.05) is 11.1 Å². The summed E-state index contributed by atoms with van der Waals surface area (Å²) in [6, 6.07) is 5.35. The number of nitrogens with two attached hydrogens (primary N) is 1. The first-order valence-corrected chi connectivity index (χ1v) is 6.13. The maximum atomic E-state index is 11.6. The fourth-order valence-electron chi connectivity index (χ4n) is 1.98. The van der Waals surface area contributed by atoms with Gasteiger partial charge in [-0.1, -0.05) is 0 Å². The Hall–Kier alpha value is -2.70. The lowest BCUT2D eigenvalue weighted by Crippen LogP contribution is -2.34. The molecule has 102 valence electrons. The monoisotopic (exact) mass is 271 g/mol. The lowest BCUT2D eigenvalue weighted by atomic mass is 10.1. The number of nitrogens with zero attached hydrogens (tertiary/aromatic N) is 3. The number of carbonyl (C=O) groups excluding carboxylic acids is 1. The zero-order chi connectivity index (χ0) is 14.3. The molecule has 7 nitrogen and oxygen atoms in total. The van der Waals surface area contributed by atoms with Crippen LogP contribution in [0.3, 0.4) is 0 Å². The first-order chi connectivity index (χ1) is 9.52. The smallest absolute Gasteiger partial charge is 0.265 e. The number of hydrogen-bond acceptors (Lipinski definition) is 6. The maximum Gasteiger partial charge on any atom is 0.265 e. The summed E-state index contributed by atoms with van der Waals surface area (Å²) in [5, 5.41) is 2.78. The zero-order valence-corrected chi connectivity index (χ0v) is 11.0. The summed E-state index contributed by atoms with van der Waals surface area (Å²) in [5.74, 6) is 1.62. The Balaban J connectivity index is 2.04. The molecule has 0 aliphatic carbocycles. The van der Waals surface area contributed by atoms with E-state index in [1.807, 2.05) is 6.07 Å². The molecule has 1 aromatic heterocycles. The molecule has 2 aromatic rings. The third-order valence-electron chi connectivity index (χ3n) is 2.93. The number of amides is 1. The van der Waals surface area contributed by atoms with E-state index in [1.165, 1.54) is 0 Å². The van der Waals surface area contributed by atoms with E-state index in [0.717, 1.165) is 5.56 Å². The first kappa shape index (κ1) is 12.3. The van der Waals surface area contributed by atoms with Gasteiger partial charge in [-0.3, -0.25) is 4.79 Å². The Labute approximate surface area is 115 Å². The van der Waals surface area contributed by atoms with Crippen molar-refractivity contribution in [1.82, 2.24) is 15.0 Å². The van der Waals surface area contributed by atoms with Gasteiger partial charge in [-0.05, 0) is 32.0 Å². The molecule has 3 N–H and O–H groups in total. The molecule has 0 bridgehead atoms. The molecule has 3 rings (SSSR count). The van der Waals surface area contributed by atoms with E-state index in [1.54, 1.807) is 26.0 Å². The maximum absolute atomic E-state index is 11.6. The van der Waals surface area contributed by atoms with E-state index in [2.05, 4.69) is 20.3 Å². The van der Waals surface area contributed by atoms with Crippen LogP contribution in [0.1, 0.15) is 12.7 Å². The molecule has 1 aliphatic rings. The van der Waals surface area contributed by atoms with Crippen LogP contribution in [0.2, 0.25) is 0 Å². The topological polar surface area (TPSA) is 103 Å². The molecule has 20 heavy (non-hydrogen) atoms. The first-order valence-electron chi connectivity index (χ1n) is 6.13. The molecule has 7 heteroatoms. The van der Waals surface area contributed by atoms with E-state index >= 15 is 0 Å². The fraction of sp³-hybridized carbons (Fsp3) is 0.231. The van der Waals surface area contributed by atoms with Gasteiger partial charge in [-0.2, -0.15) is 9.97 Å². The number of aryl methyl sites for hydroxylation is 1. The molecular formula is C13H13N5O2. The molecule has 1 aromatic carbocycles. The van der Waals surface area contributed by atoms with Gasteiger partial charge in [0.1, 0.15) is 11.6 Å². The summed E-state index contributed by atoms with van der Waals surface area (Å²) in [6.07, 6.45) is -0.497. The lowest BCUT2D eigenvalue weighted by molar-refractivity contribution is -0.122. The van der Waals surface area contributed by atoms with Crippen molar-refractivity contribution in [1.29, 1.82) is 0 Å². The predicted octanol–water partition coefficient (Wildman–Crippen LogP) is 1.15. The summed E-state index contributed by atoms with van der Waals surface area (Å²) in [6.45, 7) is 3.44. The molecule has 1 atom stereocenters. The molecule has 1 amide bonds. The largest absolute Gasteiger partial charge is 0.479 e. The van der Waals surface area contributed by atoms with Gasteiger partial charge in [0, 0.05) is 5.56 Å². The molecule has 1 unspecified atom stereocenters. The average molecular weight is 271 g/mol. The quantitative estimate of drug-likeness (QED) is 0.806. The van der Waals surface area contributed by atoms with Crippen LogP contribution in [0.5, 0.6) is 5.75 Å². The fourth-order valence-corrected chi connectivity index (χ4v) is 1.98. The standard InChI is InChI=1S/C13H13N5O2/c1-6-12(19)17-9-5-8(3-4-10(9)20-6)11-15-7(2)16-13(14)18-11/h3-6H,1-2H3,(H,17,19)(H2,14,15,16,18). The number of fused-ring (bicyclic) bond motifs is 1. The molecule has 0 radical (unpaired) electrons. The second-order valence-electron chi connectivity index (χ2n) is 4.52. The molecule has 2 heterocycles. The Morgan fingerprint density at radius 3 is 2.85 bits per heavy atom. The minimum Gasteiger partial charge on any atom is -0.479 e. The second kappa shape index (κ2) is 4.44. The van der Waals surface area contributed by atoms with Crippen LogP contribution in [0.4, 0.5) is 11.6 Å². The number of ether oxygens (including phenoxy) is 1. The third-order valence-corrected chi connectivity index (χ3v) is 2.93. The predicted molar refractivity (Wildman–Crippen MR) is 73.1 cm³/mol. The van der Waals surface area contributed by atoms with Crippen molar-refractivity contribution in [2.24, 2.45) is 0 Å². The zero-order valence-electron chi connectivity index (χ0n) is 11.0. The van der Waals surface area contributed by atoms with Gasteiger partial charge in [-0.25, -0.2) is 4.98 Å². The summed E-state index contributed by atoms with van der Waals surface area (Å²) in [4.78, 5) is 23.9. The Morgan fingerprint density at radius 2 is 2.10 bits per heavy atom. The van der Waals surface area contributed by atoms with Crippen LogP contribution in [0.15, 0.2) is 18.2 Å². The van der Waals surface area contributed by atoms with Crippen LogP contribution in [-0.2, 0) is 4.79 Å². The van der Waals surface area contributed by atoms with Gasteiger partial charge in [0.25, 0.3) is 5.91 Å².